The van der Waals surface area contributed by atoms with Gasteiger partial charge in [0.15, 0.2) is 4.90 Å². The van der Waals surface area contributed by atoms with Gasteiger partial charge in [0.05, 0.1) is 17.6 Å². The third-order valence-electron chi connectivity index (χ3n) is 4.77. The number of benzene rings is 1. The number of sulfonamides is 1. The predicted molar refractivity (Wildman–Crippen MR) is 106 cm³/mol. The normalized spacial score (nSPS) is 16.8. The smallest absolute Gasteiger partial charge is 0.424 e. The zero-order valence-electron chi connectivity index (χ0n) is 16.9. The summed E-state index contributed by atoms with van der Waals surface area (Å²) in [5.41, 5.74) is -1.63. The van der Waals surface area contributed by atoms with Gasteiger partial charge in [-0.1, -0.05) is 31.4 Å². The zero-order chi connectivity index (χ0) is 21.8. The highest BCUT2D eigenvalue weighted by Crippen LogP contribution is 2.31. The molecule has 1 fully saturated rings. The molecule has 2 rings (SSSR count). The number of ether oxygens (including phenoxy) is 1. The molecule has 0 spiro atoms. The fourth-order valence-corrected chi connectivity index (χ4v) is 4.84. The summed E-state index contributed by atoms with van der Waals surface area (Å²) < 4.78 is 32.1. The molecule has 1 amide bonds. The van der Waals surface area contributed by atoms with Crippen LogP contribution < -0.4 is 0 Å². The van der Waals surface area contributed by atoms with Crippen molar-refractivity contribution in [3.05, 3.63) is 34.4 Å². The lowest BCUT2D eigenvalue weighted by atomic mass is 9.85. The van der Waals surface area contributed by atoms with E-state index >= 15 is 0 Å². The molecule has 0 saturated heterocycles. The van der Waals surface area contributed by atoms with Crippen LogP contribution >= 0.6 is 0 Å². The van der Waals surface area contributed by atoms with Gasteiger partial charge >= 0.3 is 6.09 Å². The number of nitrogens with zero attached hydrogens (tertiary/aromatic N) is 2. The Labute approximate surface area is 170 Å². The van der Waals surface area contributed by atoms with E-state index in [0.29, 0.717) is 4.31 Å². The summed E-state index contributed by atoms with van der Waals surface area (Å²) in [7, 11) is -4.62. The first-order valence-electron chi connectivity index (χ1n) is 9.60. The Morgan fingerprint density at radius 1 is 1.28 bits per heavy atom. The van der Waals surface area contributed by atoms with Gasteiger partial charge in [0.1, 0.15) is 5.60 Å². The molecule has 10 heteroatoms. The third-order valence-corrected chi connectivity index (χ3v) is 6.55. The number of hydrogen-bond donors (Lipinski definition) is 1. The fourth-order valence-electron chi connectivity index (χ4n) is 3.37. The lowest BCUT2D eigenvalue weighted by Crippen LogP contribution is -2.46. The average Bonchev–Trinajstić information content (AvgIpc) is 2.65. The lowest BCUT2D eigenvalue weighted by Gasteiger charge is -2.32. The first-order chi connectivity index (χ1) is 13.4. The Morgan fingerprint density at radius 2 is 1.86 bits per heavy atom. The summed E-state index contributed by atoms with van der Waals surface area (Å²) in [4.78, 5) is 22.6. The maximum atomic E-state index is 13.2. The second-order valence-electron chi connectivity index (χ2n) is 8.21. The maximum Gasteiger partial charge on any atom is 0.424 e. The number of hydrogen-bond acceptors (Lipinski definition) is 7. The minimum Gasteiger partial charge on any atom is -0.443 e. The van der Waals surface area contributed by atoms with E-state index in [-0.39, 0.29) is 5.92 Å². The van der Waals surface area contributed by atoms with Gasteiger partial charge in [-0.3, -0.25) is 10.1 Å². The highest BCUT2D eigenvalue weighted by Gasteiger charge is 2.39. The lowest BCUT2D eigenvalue weighted by molar-refractivity contribution is -0.387. The zero-order valence-corrected chi connectivity index (χ0v) is 17.7. The molecule has 0 heterocycles. The second kappa shape index (κ2) is 9.08. The summed E-state index contributed by atoms with van der Waals surface area (Å²) in [6, 6.07) is 4.80. The van der Waals surface area contributed by atoms with Crippen molar-refractivity contribution in [1.29, 1.82) is 0 Å². The van der Waals surface area contributed by atoms with E-state index in [1.807, 2.05) is 0 Å². The van der Waals surface area contributed by atoms with Gasteiger partial charge in [-0.25, -0.2) is 13.2 Å². The maximum absolute atomic E-state index is 13.2. The minimum atomic E-state index is -4.62. The number of carbonyl (C=O) groups is 1. The first kappa shape index (κ1) is 23.1. The highest BCUT2D eigenvalue weighted by atomic mass is 32.2. The second-order valence-corrected chi connectivity index (χ2v) is 10.0. The summed E-state index contributed by atoms with van der Waals surface area (Å²) >= 11 is 0. The standard InChI is InChI=1S/C19H28N2O7S/c1-19(2,3)28-18(23)20(13-16(22)14-9-5-4-6-10-14)29(26,27)17-12-8-7-11-15(17)21(24)25/h7-8,11-12,14,16,22H,4-6,9-10,13H2,1-3H3/t16-/m1/s1. The molecule has 1 N–H and O–H groups in total. The number of nitro groups is 1. The number of nitro benzene ring substituents is 1. The Kier molecular flexibility index (Phi) is 7.23. The third kappa shape index (κ3) is 5.89. The Balaban J connectivity index is 2.42. The van der Waals surface area contributed by atoms with E-state index in [2.05, 4.69) is 0 Å². The number of para-hydroxylation sites is 1. The molecule has 1 atom stereocenters. The molecule has 0 bridgehead atoms. The van der Waals surface area contributed by atoms with E-state index in [4.69, 9.17) is 4.74 Å². The fraction of sp³-hybridized carbons (Fsp3) is 0.632. The van der Waals surface area contributed by atoms with Gasteiger partial charge < -0.3 is 9.84 Å². The molecule has 1 aliphatic rings. The summed E-state index contributed by atoms with van der Waals surface area (Å²) in [5, 5.41) is 21.9. The average molecular weight is 429 g/mol. The van der Waals surface area contributed by atoms with Crippen LogP contribution in [0.2, 0.25) is 0 Å². The van der Waals surface area contributed by atoms with Crippen LogP contribution in [-0.4, -0.2) is 47.1 Å². The van der Waals surface area contributed by atoms with Crippen LogP contribution in [0.1, 0.15) is 52.9 Å². The molecule has 0 aromatic heterocycles. The molecule has 1 saturated carbocycles. The van der Waals surface area contributed by atoms with E-state index in [1.54, 1.807) is 20.8 Å². The van der Waals surface area contributed by atoms with Crippen LogP contribution in [0.5, 0.6) is 0 Å². The molecule has 162 valence electrons. The molecule has 0 unspecified atom stereocenters. The van der Waals surface area contributed by atoms with E-state index < -0.39 is 49.9 Å². The van der Waals surface area contributed by atoms with E-state index in [0.717, 1.165) is 44.2 Å². The van der Waals surface area contributed by atoms with Crippen LogP contribution in [0.3, 0.4) is 0 Å². The first-order valence-corrected chi connectivity index (χ1v) is 11.0. The van der Waals surface area contributed by atoms with Crippen molar-refractivity contribution in [2.24, 2.45) is 5.92 Å². The topological polar surface area (TPSA) is 127 Å². The van der Waals surface area contributed by atoms with Crippen molar-refractivity contribution < 1.29 is 28.0 Å². The van der Waals surface area contributed by atoms with Gasteiger partial charge in [0.25, 0.3) is 15.7 Å². The van der Waals surface area contributed by atoms with Gasteiger partial charge in [-0.15, -0.1) is 0 Å². The molecule has 0 aliphatic heterocycles. The highest BCUT2D eigenvalue weighted by molar-refractivity contribution is 7.89. The molecular weight excluding hydrogens is 400 g/mol. The van der Waals surface area contributed by atoms with Gasteiger partial charge in [-0.05, 0) is 45.6 Å². The van der Waals surface area contributed by atoms with Gasteiger partial charge in [0.2, 0.25) is 0 Å². The number of aliphatic hydroxyl groups is 1. The van der Waals surface area contributed by atoms with Crippen molar-refractivity contribution in [3.63, 3.8) is 0 Å². The van der Waals surface area contributed by atoms with Crippen LogP contribution in [-0.2, 0) is 14.8 Å². The predicted octanol–water partition coefficient (Wildman–Crippen LogP) is 3.46. The van der Waals surface area contributed by atoms with Crippen LogP contribution in [0, 0.1) is 16.0 Å². The number of amides is 1. The summed E-state index contributed by atoms with van der Waals surface area (Å²) in [5.74, 6) is -0.144. The molecule has 9 nitrogen and oxygen atoms in total. The molecule has 0 radical (unpaired) electrons. The van der Waals surface area contributed by atoms with Crippen LogP contribution in [0.4, 0.5) is 10.5 Å². The molecule has 1 aromatic carbocycles. The van der Waals surface area contributed by atoms with E-state index in [1.165, 1.54) is 12.1 Å². The summed E-state index contributed by atoms with van der Waals surface area (Å²) in [6.07, 6.45) is 2.10. The molecule has 29 heavy (non-hydrogen) atoms. The minimum absolute atomic E-state index is 0.144. The van der Waals surface area contributed by atoms with Gasteiger partial charge in [-0.2, -0.15) is 4.31 Å². The van der Waals surface area contributed by atoms with Crippen molar-refractivity contribution in [3.8, 4) is 0 Å². The van der Waals surface area contributed by atoms with E-state index in [9.17, 15) is 28.4 Å². The number of rotatable bonds is 6. The quantitative estimate of drug-likeness (QED) is 0.543. The largest absolute Gasteiger partial charge is 0.443 e. The molecule has 1 aromatic rings. The van der Waals surface area contributed by atoms with Crippen LogP contribution in [0.25, 0.3) is 0 Å². The molecular formula is C19H28N2O7S. The Bertz CT molecular complexity index is 842. The Hall–Kier alpha value is -2.20. The summed E-state index contributed by atoms with van der Waals surface area (Å²) in [6.45, 7) is 4.22. The number of carbonyl (C=O) groups excluding carboxylic acids is 1. The van der Waals surface area contributed by atoms with Crippen LogP contribution in [0.15, 0.2) is 29.2 Å². The van der Waals surface area contributed by atoms with Crippen molar-refractivity contribution in [2.75, 3.05) is 6.54 Å². The SMILES string of the molecule is CC(C)(C)OC(=O)N(C[C@@H](O)C1CCCCC1)S(=O)(=O)c1ccccc1[N+](=O)[O-]. The number of aliphatic hydroxyl groups excluding tert-OH is 1. The molecule has 1 aliphatic carbocycles. The Morgan fingerprint density at radius 3 is 2.41 bits per heavy atom. The van der Waals surface area contributed by atoms with Crippen molar-refractivity contribution in [2.45, 2.75) is 69.5 Å². The monoisotopic (exact) mass is 428 g/mol. The van der Waals surface area contributed by atoms with Gasteiger partial charge in [0, 0.05) is 6.07 Å². The van der Waals surface area contributed by atoms with Crippen molar-refractivity contribution in [1.82, 2.24) is 4.31 Å². The van der Waals surface area contributed by atoms with Crippen molar-refractivity contribution >= 4 is 21.8 Å².